The first-order valence-corrected chi connectivity index (χ1v) is 14.7. The predicted octanol–water partition coefficient (Wildman–Crippen LogP) is 11.0. The van der Waals surface area contributed by atoms with Crippen LogP contribution in [0.4, 0.5) is 26.3 Å². The Kier molecular flexibility index (Phi) is 9.05. The van der Waals surface area contributed by atoms with E-state index in [4.69, 9.17) is 18.9 Å². The molecule has 6 aromatic rings. The molecule has 0 saturated carbocycles. The minimum atomic E-state index is -4.52. The van der Waals surface area contributed by atoms with E-state index >= 15 is 0 Å². The fourth-order valence-corrected chi connectivity index (χ4v) is 5.80. The Morgan fingerprint density at radius 3 is 1.17 bits per heavy atom. The van der Waals surface area contributed by atoms with Gasteiger partial charge in [0.15, 0.2) is 13.6 Å². The molecule has 246 valence electrons. The number of hydrogen-bond donors (Lipinski definition) is 0. The molecule has 0 aliphatic carbocycles. The summed E-state index contributed by atoms with van der Waals surface area (Å²) in [5.41, 5.74) is 1.43. The molecule has 0 aliphatic heterocycles. The highest BCUT2D eigenvalue weighted by Crippen LogP contribution is 2.52. The highest BCUT2D eigenvalue weighted by molar-refractivity contribution is 6.14. The fourth-order valence-electron chi connectivity index (χ4n) is 5.80. The molecule has 6 aromatic carbocycles. The zero-order chi connectivity index (χ0) is 34.1. The van der Waals surface area contributed by atoms with E-state index < -0.39 is 23.5 Å². The maximum absolute atomic E-state index is 13.5. The molecular weight excluding hydrogens is 634 g/mol. The number of halogens is 6. The summed E-state index contributed by atoms with van der Waals surface area (Å²) in [5.74, 6) is 0.625. The third-order valence-electron chi connectivity index (χ3n) is 7.94. The van der Waals surface area contributed by atoms with Gasteiger partial charge < -0.3 is 18.9 Å². The minimum Gasteiger partial charge on any atom is -0.466 e. The topological polar surface area (TPSA) is 36.9 Å². The van der Waals surface area contributed by atoms with Gasteiger partial charge in [-0.25, -0.2) is 0 Å². The molecule has 0 radical (unpaired) electrons. The summed E-state index contributed by atoms with van der Waals surface area (Å²) in [6, 6.07) is 28.2. The molecule has 0 bridgehead atoms. The molecule has 0 aliphatic rings. The SMILES string of the molecule is COCOc1c(-c2ccc(C(F)(F)F)cc2)cc2ccccc2c1-c1c(OCOC)c(-c2ccc(C(F)(F)F)cc2)cc2ccccc12. The number of alkyl halides is 6. The fraction of sp³-hybridized carbons (Fsp3) is 0.158. The zero-order valence-corrected chi connectivity index (χ0v) is 25.7. The van der Waals surface area contributed by atoms with Gasteiger partial charge in [0.2, 0.25) is 0 Å². The predicted molar refractivity (Wildman–Crippen MR) is 173 cm³/mol. The minimum absolute atomic E-state index is 0.191. The van der Waals surface area contributed by atoms with E-state index in [0.29, 0.717) is 44.9 Å². The van der Waals surface area contributed by atoms with Crippen LogP contribution in [-0.2, 0) is 21.8 Å². The quantitative estimate of drug-likeness (QED) is 0.114. The van der Waals surface area contributed by atoms with Crippen LogP contribution in [0.25, 0.3) is 54.9 Å². The van der Waals surface area contributed by atoms with E-state index in [1.54, 1.807) is 0 Å². The van der Waals surface area contributed by atoms with Crippen molar-refractivity contribution in [3.8, 4) is 44.9 Å². The van der Waals surface area contributed by atoms with Crippen LogP contribution in [0.2, 0.25) is 0 Å². The van der Waals surface area contributed by atoms with Gasteiger partial charge >= 0.3 is 12.4 Å². The molecule has 0 aromatic heterocycles. The van der Waals surface area contributed by atoms with E-state index in [1.165, 1.54) is 38.5 Å². The lowest BCUT2D eigenvalue weighted by Crippen LogP contribution is -2.07. The van der Waals surface area contributed by atoms with Crippen molar-refractivity contribution >= 4 is 21.5 Å². The number of benzene rings is 6. The molecule has 4 nitrogen and oxygen atoms in total. The molecule has 0 spiro atoms. The van der Waals surface area contributed by atoms with E-state index in [1.807, 2.05) is 60.7 Å². The smallest absolute Gasteiger partial charge is 0.416 e. The Balaban J connectivity index is 1.73. The largest absolute Gasteiger partial charge is 0.466 e. The van der Waals surface area contributed by atoms with Gasteiger partial charge in [-0.05, 0) is 69.1 Å². The van der Waals surface area contributed by atoms with Crippen molar-refractivity contribution in [1.29, 1.82) is 0 Å². The van der Waals surface area contributed by atoms with Gasteiger partial charge in [0, 0.05) is 36.5 Å². The third-order valence-corrected chi connectivity index (χ3v) is 7.94. The molecule has 0 heterocycles. The number of ether oxygens (including phenoxy) is 4. The second kappa shape index (κ2) is 13.2. The van der Waals surface area contributed by atoms with Crippen LogP contribution < -0.4 is 9.47 Å². The lowest BCUT2D eigenvalue weighted by atomic mass is 9.86. The van der Waals surface area contributed by atoms with Crippen LogP contribution >= 0.6 is 0 Å². The summed E-state index contributed by atoms with van der Waals surface area (Å²) in [6.07, 6.45) is -9.04. The first-order chi connectivity index (χ1) is 23.0. The van der Waals surface area contributed by atoms with Crippen LogP contribution in [0.15, 0.2) is 109 Å². The van der Waals surface area contributed by atoms with Crippen LogP contribution in [-0.4, -0.2) is 27.8 Å². The Morgan fingerprint density at radius 1 is 0.479 bits per heavy atom. The van der Waals surface area contributed by atoms with Gasteiger partial charge in [-0.2, -0.15) is 26.3 Å². The number of hydrogen-bond acceptors (Lipinski definition) is 4. The van der Waals surface area contributed by atoms with E-state index in [-0.39, 0.29) is 13.6 Å². The van der Waals surface area contributed by atoms with Gasteiger partial charge in [-0.15, -0.1) is 0 Å². The second-order valence-corrected chi connectivity index (χ2v) is 11.0. The summed E-state index contributed by atoms with van der Waals surface area (Å²) in [5, 5.41) is 2.98. The van der Waals surface area contributed by atoms with Gasteiger partial charge in [0.05, 0.1) is 11.1 Å². The Labute approximate surface area is 272 Å². The van der Waals surface area contributed by atoms with Crippen molar-refractivity contribution in [3.63, 3.8) is 0 Å². The molecule has 6 rings (SSSR count). The summed E-state index contributed by atoms with van der Waals surface area (Å²) >= 11 is 0. The van der Waals surface area contributed by atoms with Crippen molar-refractivity contribution < 1.29 is 45.3 Å². The lowest BCUT2D eigenvalue weighted by molar-refractivity contribution is -0.138. The lowest BCUT2D eigenvalue weighted by Gasteiger charge is -2.24. The van der Waals surface area contributed by atoms with Gasteiger partial charge in [0.1, 0.15) is 11.5 Å². The average molecular weight is 663 g/mol. The van der Waals surface area contributed by atoms with Crippen molar-refractivity contribution in [3.05, 3.63) is 120 Å². The third kappa shape index (κ3) is 6.41. The Bertz CT molecular complexity index is 1920. The van der Waals surface area contributed by atoms with Crippen molar-refractivity contribution in [1.82, 2.24) is 0 Å². The van der Waals surface area contributed by atoms with Crippen LogP contribution in [0.1, 0.15) is 11.1 Å². The molecular formula is C38H28F6O4. The monoisotopic (exact) mass is 662 g/mol. The summed E-state index contributed by atoms with van der Waals surface area (Å²) in [6.45, 7) is -0.381. The highest BCUT2D eigenvalue weighted by atomic mass is 19.4. The molecule has 0 amide bonds. The molecule has 0 N–H and O–H groups in total. The maximum Gasteiger partial charge on any atom is 0.416 e. The number of fused-ring (bicyclic) bond motifs is 2. The second-order valence-electron chi connectivity index (χ2n) is 11.0. The molecule has 0 unspecified atom stereocenters. The van der Waals surface area contributed by atoms with Gasteiger partial charge in [-0.3, -0.25) is 0 Å². The standard InChI is InChI=1S/C38H28F6O4/c1-45-21-47-35-31(23-11-15-27(16-12-23)37(39,40)41)19-25-7-3-5-9-29(25)33(35)34-30-10-6-4-8-26(30)20-32(36(34)48-22-46-2)24-13-17-28(18-14-24)38(42,43)44/h3-20H,21-22H2,1-2H3. The first-order valence-electron chi connectivity index (χ1n) is 14.7. The van der Waals surface area contributed by atoms with Crippen LogP contribution in [0.5, 0.6) is 11.5 Å². The van der Waals surface area contributed by atoms with Gasteiger partial charge in [0.25, 0.3) is 0 Å². The van der Waals surface area contributed by atoms with Crippen molar-refractivity contribution in [2.24, 2.45) is 0 Å². The van der Waals surface area contributed by atoms with E-state index in [2.05, 4.69) is 0 Å². The molecule has 10 heteroatoms. The molecule has 0 atom stereocenters. The Hall–Kier alpha value is -5.06. The van der Waals surface area contributed by atoms with Crippen LogP contribution in [0.3, 0.4) is 0 Å². The maximum atomic E-state index is 13.5. The average Bonchev–Trinajstić information content (AvgIpc) is 3.08. The normalized spacial score (nSPS) is 12.1. The zero-order valence-electron chi connectivity index (χ0n) is 25.7. The van der Waals surface area contributed by atoms with Gasteiger partial charge in [-0.1, -0.05) is 72.8 Å². The van der Waals surface area contributed by atoms with E-state index in [9.17, 15) is 26.3 Å². The summed E-state index contributed by atoms with van der Waals surface area (Å²) in [4.78, 5) is 0. The highest BCUT2D eigenvalue weighted by Gasteiger charge is 2.32. The molecule has 48 heavy (non-hydrogen) atoms. The Morgan fingerprint density at radius 2 is 0.833 bits per heavy atom. The van der Waals surface area contributed by atoms with Crippen molar-refractivity contribution in [2.75, 3.05) is 27.8 Å². The van der Waals surface area contributed by atoms with E-state index in [0.717, 1.165) is 45.8 Å². The summed E-state index contributed by atoms with van der Waals surface area (Å²) < 4.78 is 104. The summed E-state index contributed by atoms with van der Waals surface area (Å²) in [7, 11) is 2.90. The number of rotatable bonds is 9. The first kappa shape index (κ1) is 32.9. The van der Waals surface area contributed by atoms with Crippen molar-refractivity contribution in [2.45, 2.75) is 12.4 Å². The molecule has 0 fully saturated rings. The van der Waals surface area contributed by atoms with Crippen LogP contribution in [0, 0.1) is 0 Å². The molecule has 0 saturated heterocycles. The number of methoxy groups -OCH3 is 2.